The van der Waals surface area contributed by atoms with Crippen molar-refractivity contribution in [2.24, 2.45) is 5.92 Å². The van der Waals surface area contributed by atoms with E-state index in [9.17, 15) is 9.59 Å². The van der Waals surface area contributed by atoms with Gasteiger partial charge in [0, 0.05) is 25.7 Å². The van der Waals surface area contributed by atoms with Crippen LogP contribution in [0.15, 0.2) is 47.4 Å². The average molecular weight is 355 g/mol. The van der Waals surface area contributed by atoms with E-state index >= 15 is 0 Å². The van der Waals surface area contributed by atoms with Crippen molar-refractivity contribution in [2.75, 3.05) is 0 Å². The Balaban J connectivity index is 2.29. The number of hydrogen-bond donors (Lipinski definition) is 0. The van der Waals surface area contributed by atoms with Gasteiger partial charge < -0.3 is 9.30 Å². The molecule has 0 N–H and O–H groups in total. The molecular weight excluding hydrogens is 326 g/mol. The molecule has 0 aliphatic heterocycles. The highest BCUT2D eigenvalue weighted by atomic mass is 16.5. The predicted octanol–water partition coefficient (Wildman–Crippen LogP) is 4.85. The van der Waals surface area contributed by atoms with Gasteiger partial charge >= 0.3 is 0 Å². The summed E-state index contributed by atoms with van der Waals surface area (Å²) >= 11 is 0. The van der Waals surface area contributed by atoms with Crippen LogP contribution in [0.1, 0.15) is 62.5 Å². The highest BCUT2D eigenvalue weighted by molar-refractivity contribution is 5.95. The summed E-state index contributed by atoms with van der Waals surface area (Å²) in [6.07, 6.45) is 6.22. The molecule has 0 aliphatic rings. The molecule has 4 heteroatoms. The van der Waals surface area contributed by atoms with Crippen molar-refractivity contribution in [3.8, 4) is 5.75 Å². The number of pyridine rings is 1. The minimum absolute atomic E-state index is 0.142. The van der Waals surface area contributed by atoms with Crippen LogP contribution < -0.4 is 10.2 Å². The molecule has 1 unspecified atom stereocenters. The average Bonchev–Trinajstić information content (AvgIpc) is 2.65. The van der Waals surface area contributed by atoms with Crippen LogP contribution in [-0.2, 0) is 13.2 Å². The fourth-order valence-corrected chi connectivity index (χ4v) is 3.13. The number of carbonyl (C=O) groups excluding carboxylic acids is 1. The smallest absolute Gasteiger partial charge is 0.224 e. The standard InChI is InChI=1S/C22H29NO3/c1-4-6-10-18(5-2)15-23-14-13-20(25)22(21(23)17(3)24)26-16-19-11-8-7-9-12-19/h7-9,11-14,18H,4-6,10,15-16H2,1-3H3. The zero-order valence-electron chi connectivity index (χ0n) is 16.0. The van der Waals surface area contributed by atoms with Gasteiger partial charge in [-0.25, -0.2) is 0 Å². The molecule has 4 nitrogen and oxygen atoms in total. The summed E-state index contributed by atoms with van der Waals surface area (Å²) in [5.41, 5.74) is 1.10. The van der Waals surface area contributed by atoms with Crippen molar-refractivity contribution >= 4 is 5.78 Å². The summed E-state index contributed by atoms with van der Waals surface area (Å²) in [6, 6.07) is 11.2. The third kappa shape index (κ3) is 5.32. The van der Waals surface area contributed by atoms with Gasteiger partial charge in [0.2, 0.25) is 5.43 Å². The Labute approximate surface area is 155 Å². The van der Waals surface area contributed by atoms with Gasteiger partial charge in [-0.3, -0.25) is 9.59 Å². The maximum absolute atomic E-state index is 12.4. The number of unbranched alkanes of at least 4 members (excludes halogenated alkanes) is 1. The second kappa shape index (κ2) is 9.95. The zero-order valence-corrected chi connectivity index (χ0v) is 16.0. The fraction of sp³-hybridized carbons (Fsp3) is 0.455. The molecule has 0 amide bonds. The van der Waals surface area contributed by atoms with Gasteiger partial charge in [-0.05, 0) is 17.9 Å². The van der Waals surface area contributed by atoms with Gasteiger partial charge in [0.05, 0.1) is 0 Å². The highest BCUT2D eigenvalue weighted by Crippen LogP contribution is 2.21. The lowest BCUT2D eigenvalue weighted by atomic mass is 9.99. The van der Waals surface area contributed by atoms with Gasteiger partial charge in [0.1, 0.15) is 12.3 Å². The van der Waals surface area contributed by atoms with Crippen molar-refractivity contribution < 1.29 is 9.53 Å². The lowest BCUT2D eigenvalue weighted by molar-refractivity contribution is 0.0996. The van der Waals surface area contributed by atoms with E-state index in [1.807, 2.05) is 34.9 Å². The first kappa shape index (κ1) is 20.0. The molecule has 0 radical (unpaired) electrons. The van der Waals surface area contributed by atoms with Gasteiger partial charge in [-0.2, -0.15) is 0 Å². The van der Waals surface area contributed by atoms with E-state index in [1.54, 1.807) is 6.20 Å². The molecule has 140 valence electrons. The molecule has 0 bridgehead atoms. The Kier molecular flexibility index (Phi) is 7.64. The minimum atomic E-state index is -0.246. The van der Waals surface area contributed by atoms with Crippen LogP contribution in [0.5, 0.6) is 5.75 Å². The minimum Gasteiger partial charge on any atom is -0.483 e. The molecule has 1 atom stereocenters. The van der Waals surface area contributed by atoms with E-state index in [4.69, 9.17) is 4.74 Å². The maximum atomic E-state index is 12.4. The Hall–Kier alpha value is -2.36. The van der Waals surface area contributed by atoms with E-state index in [0.29, 0.717) is 11.6 Å². The van der Waals surface area contributed by atoms with Crippen molar-refractivity contribution in [1.82, 2.24) is 4.57 Å². The van der Waals surface area contributed by atoms with Crippen molar-refractivity contribution in [2.45, 2.75) is 59.6 Å². The number of rotatable bonds is 10. The lowest BCUT2D eigenvalue weighted by Gasteiger charge is -2.21. The first-order valence-electron chi connectivity index (χ1n) is 9.47. The molecule has 26 heavy (non-hydrogen) atoms. The largest absolute Gasteiger partial charge is 0.483 e. The first-order chi connectivity index (χ1) is 12.6. The number of benzene rings is 1. The molecule has 2 rings (SSSR count). The monoisotopic (exact) mass is 355 g/mol. The van der Waals surface area contributed by atoms with Crippen LogP contribution >= 0.6 is 0 Å². The normalized spacial score (nSPS) is 12.0. The summed E-state index contributed by atoms with van der Waals surface area (Å²) in [5.74, 6) is 0.503. The van der Waals surface area contributed by atoms with Gasteiger partial charge in [-0.1, -0.05) is 63.4 Å². The molecule has 0 aliphatic carbocycles. The molecule has 1 heterocycles. The van der Waals surface area contributed by atoms with Crippen LogP contribution in [-0.4, -0.2) is 10.4 Å². The second-order valence-corrected chi connectivity index (χ2v) is 6.76. The number of nitrogens with zero attached hydrogens (tertiary/aromatic N) is 1. The Bertz CT molecular complexity index is 765. The second-order valence-electron chi connectivity index (χ2n) is 6.76. The topological polar surface area (TPSA) is 48.3 Å². The van der Waals surface area contributed by atoms with E-state index in [0.717, 1.165) is 31.4 Å². The summed E-state index contributed by atoms with van der Waals surface area (Å²) in [6.45, 7) is 6.85. The SMILES string of the molecule is CCCCC(CC)Cn1ccc(=O)c(OCc2ccccc2)c1C(C)=O. The molecule has 0 saturated carbocycles. The maximum Gasteiger partial charge on any atom is 0.224 e. The van der Waals surface area contributed by atoms with Gasteiger partial charge in [0.15, 0.2) is 11.5 Å². The zero-order chi connectivity index (χ0) is 18.9. The van der Waals surface area contributed by atoms with Crippen molar-refractivity contribution in [1.29, 1.82) is 0 Å². The summed E-state index contributed by atoms with van der Waals surface area (Å²) in [4.78, 5) is 24.6. The van der Waals surface area contributed by atoms with Crippen molar-refractivity contribution in [3.05, 3.63) is 64.1 Å². The van der Waals surface area contributed by atoms with E-state index in [2.05, 4.69) is 13.8 Å². The summed E-state index contributed by atoms with van der Waals surface area (Å²) in [7, 11) is 0. The Morgan fingerprint density at radius 1 is 1.15 bits per heavy atom. The molecular formula is C22H29NO3. The van der Waals surface area contributed by atoms with Crippen LogP contribution in [0.3, 0.4) is 0 Å². The van der Waals surface area contributed by atoms with Gasteiger partial charge in [-0.15, -0.1) is 0 Å². The third-order valence-corrected chi connectivity index (χ3v) is 4.69. The highest BCUT2D eigenvalue weighted by Gasteiger charge is 2.19. The van der Waals surface area contributed by atoms with E-state index in [1.165, 1.54) is 19.4 Å². The van der Waals surface area contributed by atoms with Gasteiger partial charge in [0.25, 0.3) is 0 Å². The Morgan fingerprint density at radius 3 is 2.50 bits per heavy atom. The van der Waals surface area contributed by atoms with Crippen molar-refractivity contribution in [3.63, 3.8) is 0 Å². The molecule has 0 saturated heterocycles. The predicted molar refractivity (Wildman–Crippen MR) is 105 cm³/mol. The third-order valence-electron chi connectivity index (χ3n) is 4.69. The van der Waals surface area contributed by atoms with Crippen LogP contribution in [0.4, 0.5) is 0 Å². The number of Topliss-reactive ketones (excluding diaryl/α,β-unsaturated/α-hetero) is 1. The van der Waals surface area contributed by atoms with Crippen LogP contribution in [0.25, 0.3) is 0 Å². The van der Waals surface area contributed by atoms with E-state index in [-0.39, 0.29) is 23.6 Å². The van der Waals surface area contributed by atoms with E-state index < -0.39 is 0 Å². The summed E-state index contributed by atoms with van der Waals surface area (Å²) < 4.78 is 7.69. The number of hydrogen-bond acceptors (Lipinski definition) is 3. The summed E-state index contributed by atoms with van der Waals surface area (Å²) in [5, 5.41) is 0. The molecule has 0 spiro atoms. The Morgan fingerprint density at radius 2 is 1.88 bits per heavy atom. The van der Waals surface area contributed by atoms with Crippen LogP contribution in [0.2, 0.25) is 0 Å². The molecule has 1 aromatic heterocycles. The quantitative estimate of drug-likeness (QED) is 0.573. The van der Waals surface area contributed by atoms with Crippen LogP contribution in [0, 0.1) is 5.92 Å². The fourth-order valence-electron chi connectivity index (χ4n) is 3.13. The molecule has 1 aromatic carbocycles. The molecule has 0 fully saturated rings. The molecule has 2 aromatic rings. The first-order valence-corrected chi connectivity index (χ1v) is 9.47. The number of ketones is 1. The number of carbonyl (C=O) groups is 1. The number of aromatic nitrogens is 1. The lowest BCUT2D eigenvalue weighted by Crippen LogP contribution is -2.22. The number of ether oxygens (including phenoxy) is 1.